The van der Waals surface area contributed by atoms with Gasteiger partial charge in [0.25, 0.3) is 5.88 Å². The minimum Gasteiger partial charge on any atom is -0.489 e. The highest BCUT2D eigenvalue weighted by Crippen LogP contribution is 2.27. The average Bonchev–Trinajstić information content (AvgIpc) is 2.73. The van der Waals surface area contributed by atoms with Crippen LogP contribution in [0.3, 0.4) is 0 Å². The van der Waals surface area contributed by atoms with Crippen LogP contribution in [0.25, 0.3) is 0 Å². The third-order valence-corrected chi connectivity index (χ3v) is 5.04. The maximum atomic E-state index is 12.6. The number of allylic oxidation sites excluding steroid dienone is 1. The van der Waals surface area contributed by atoms with Crippen molar-refractivity contribution in [2.75, 3.05) is 26.3 Å². The zero-order valence-corrected chi connectivity index (χ0v) is 17.0. The van der Waals surface area contributed by atoms with E-state index in [1.807, 2.05) is 13.8 Å². The maximum Gasteiger partial charge on any atom is 0.434 e. The quantitative estimate of drug-likeness (QED) is 0.648. The molecule has 2 aliphatic heterocycles. The fourth-order valence-electron chi connectivity index (χ4n) is 3.30. The summed E-state index contributed by atoms with van der Waals surface area (Å²) in [5.74, 6) is 1.22. The van der Waals surface area contributed by atoms with Gasteiger partial charge in [-0.05, 0) is 32.8 Å². The number of rotatable bonds is 6. The van der Waals surface area contributed by atoms with Crippen molar-refractivity contribution in [3.63, 3.8) is 0 Å². The van der Waals surface area contributed by atoms with Crippen LogP contribution in [-0.4, -0.2) is 59.0 Å². The molecule has 1 aromatic rings. The average molecular weight is 426 g/mol. The van der Waals surface area contributed by atoms with Crippen molar-refractivity contribution in [3.8, 4) is 5.88 Å². The maximum absolute atomic E-state index is 12.6. The molecule has 0 spiro atoms. The molecular formula is C20H25F3N4O3. The molecule has 0 aromatic carbocycles. The van der Waals surface area contributed by atoms with E-state index in [4.69, 9.17) is 14.2 Å². The number of nitrogens with zero attached hydrogens (tertiary/aromatic N) is 4. The van der Waals surface area contributed by atoms with Gasteiger partial charge in [0.15, 0.2) is 11.5 Å². The molecule has 1 aromatic heterocycles. The van der Waals surface area contributed by atoms with Gasteiger partial charge in [-0.25, -0.2) is 15.0 Å². The summed E-state index contributed by atoms with van der Waals surface area (Å²) in [6.45, 7) is 10.2. The summed E-state index contributed by atoms with van der Waals surface area (Å²) in [6, 6.07) is 0.0140. The van der Waals surface area contributed by atoms with Crippen LogP contribution < -0.4 is 4.74 Å². The monoisotopic (exact) mass is 426 g/mol. The lowest BCUT2D eigenvalue weighted by molar-refractivity contribution is -0.141. The molecule has 1 fully saturated rings. The van der Waals surface area contributed by atoms with Crippen molar-refractivity contribution in [2.45, 2.75) is 45.0 Å². The molecule has 0 bridgehead atoms. The Morgan fingerprint density at radius 1 is 1.27 bits per heavy atom. The highest BCUT2D eigenvalue weighted by atomic mass is 19.4. The van der Waals surface area contributed by atoms with Gasteiger partial charge in [0.1, 0.15) is 19.3 Å². The van der Waals surface area contributed by atoms with Gasteiger partial charge < -0.3 is 14.2 Å². The first-order chi connectivity index (χ1) is 14.3. The first-order valence-electron chi connectivity index (χ1n) is 9.75. The van der Waals surface area contributed by atoms with E-state index in [9.17, 15) is 13.2 Å². The van der Waals surface area contributed by atoms with Crippen LogP contribution in [0.4, 0.5) is 13.2 Å². The molecule has 0 saturated carbocycles. The van der Waals surface area contributed by atoms with E-state index in [1.165, 1.54) is 0 Å². The number of aliphatic imine (C=N–C) groups is 1. The lowest BCUT2D eigenvalue weighted by Gasteiger charge is -2.36. The van der Waals surface area contributed by atoms with Gasteiger partial charge in [-0.3, -0.25) is 4.90 Å². The van der Waals surface area contributed by atoms with Gasteiger partial charge in [0.05, 0.1) is 18.1 Å². The van der Waals surface area contributed by atoms with E-state index >= 15 is 0 Å². The Bertz CT molecular complexity index is 801. The summed E-state index contributed by atoms with van der Waals surface area (Å²) >= 11 is 0. The molecule has 3 rings (SSSR count). The number of likely N-dealkylation sites (tertiary alicyclic amines) is 1. The molecule has 164 valence electrons. The van der Waals surface area contributed by atoms with Crippen molar-refractivity contribution < 1.29 is 27.4 Å². The lowest BCUT2D eigenvalue weighted by Crippen LogP contribution is -2.46. The van der Waals surface area contributed by atoms with E-state index < -0.39 is 11.9 Å². The van der Waals surface area contributed by atoms with Crippen LogP contribution in [0.1, 0.15) is 32.4 Å². The van der Waals surface area contributed by atoms with E-state index in [0.29, 0.717) is 43.9 Å². The van der Waals surface area contributed by atoms with Gasteiger partial charge in [-0.1, -0.05) is 6.58 Å². The van der Waals surface area contributed by atoms with Crippen molar-refractivity contribution in [1.82, 2.24) is 14.9 Å². The Kier molecular flexibility index (Phi) is 6.96. The third-order valence-electron chi connectivity index (χ3n) is 5.04. The first kappa shape index (κ1) is 22.1. The topological polar surface area (TPSA) is 69.1 Å². The van der Waals surface area contributed by atoms with Crippen molar-refractivity contribution >= 4 is 5.71 Å². The normalized spacial score (nSPS) is 20.4. The number of ether oxygens (including phenoxy) is 3. The van der Waals surface area contributed by atoms with Crippen molar-refractivity contribution in [2.24, 2.45) is 4.99 Å². The van der Waals surface area contributed by atoms with E-state index in [1.54, 1.807) is 6.08 Å². The Labute approximate surface area is 173 Å². The molecule has 7 nitrogen and oxygen atoms in total. The minimum absolute atomic E-state index is 0.0140. The molecule has 2 aliphatic rings. The van der Waals surface area contributed by atoms with Crippen molar-refractivity contribution in [1.29, 1.82) is 0 Å². The second kappa shape index (κ2) is 9.46. The molecule has 0 aliphatic carbocycles. The summed E-state index contributed by atoms with van der Waals surface area (Å²) < 4.78 is 54.5. The molecule has 1 atom stereocenters. The van der Waals surface area contributed by atoms with Crippen LogP contribution in [0.5, 0.6) is 5.88 Å². The van der Waals surface area contributed by atoms with Gasteiger partial charge in [-0.15, -0.1) is 0 Å². The molecule has 1 saturated heterocycles. The summed E-state index contributed by atoms with van der Waals surface area (Å²) in [5.41, 5.74) is -0.254. The lowest BCUT2D eigenvalue weighted by atomic mass is 10.0. The third kappa shape index (κ3) is 5.50. The standard InChI is InChI=1S/C20H25F3N4O3/c1-4-16(26-19-14(3)28-9-10-29-19)13(2)27-7-5-15(6-8-27)30-18-12-24-17(11-25-18)20(21,22)23/h4,11-13,15H,1,5-10H2,2-3H3. The summed E-state index contributed by atoms with van der Waals surface area (Å²) in [7, 11) is 0. The molecule has 30 heavy (non-hydrogen) atoms. The zero-order chi connectivity index (χ0) is 21.7. The number of hydrogen-bond donors (Lipinski definition) is 0. The Hall–Kier alpha value is -2.62. The second-order valence-electron chi connectivity index (χ2n) is 7.07. The number of halogens is 3. The van der Waals surface area contributed by atoms with E-state index in [2.05, 4.69) is 26.4 Å². The van der Waals surface area contributed by atoms with Crippen molar-refractivity contribution in [3.05, 3.63) is 42.4 Å². The first-order valence-corrected chi connectivity index (χ1v) is 9.75. The predicted octanol–water partition coefficient (Wildman–Crippen LogP) is 3.59. The zero-order valence-electron chi connectivity index (χ0n) is 17.0. The Morgan fingerprint density at radius 2 is 1.97 bits per heavy atom. The fraction of sp³-hybridized carbons (Fsp3) is 0.550. The van der Waals surface area contributed by atoms with Crippen LogP contribution in [0.15, 0.2) is 41.7 Å². The molecule has 0 amide bonds. The molecular weight excluding hydrogens is 401 g/mol. The molecule has 0 radical (unpaired) electrons. The van der Waals surface area contributed by atoms with Crippen LogP contribution in [0, 0.1) is 0 Å². The largest absolute Gasteiger partial charge is 0.489 e. The molecule has 1 unspecified atom stereocenters. The number of hydrogen-bond acceptors (Lipinski definition) is 7. The molecule has 0 N–H and O–H groups in total. The number of piperidine rings is 1. The highest BCUT2D eigenvalue weighted by Gasteiger charge is 2.33. The van der Waals surface area contributed by atoms with Gasteiger partial charge >= 0.3 is 6.18 Å². The minimum atomic E-state index is -4.51. The summed E-state index contributed by atoms with van der Waals surface area (Å²) in [6.07, 6.45) is 0.181. The Morgan fingerprint density at radius 3 is 2.53 bits per heavy atom. The van der Waals surface area contributed by atoms with Gasteiger partial charge in [0.2, 0.25) is 5.88 Å². The van der Waals surface area contributed by atoms with Crippen LogP contribution in [0.2, 0.25) is 0 Å². The van der Waals surface area contributed by atoms with Crippen LogP contribution in [-0.2, 0) is 15.7 Å². The summed E-state index contributed by atoms with van der Waals surface area (Å²) in [5, 5.41) is 0. The highest BCUT2D eigenvalue weighted by molar-refractivity contribution is 5.99. The predicted molar refractivity (Wildman–Crippen MR) is 104 cm³/mol. The number of alkyl halides is 3. The SMILES string of the molecule is C=CC(=NC1=C(C)OCCO1)C(C)N1CCC(Oc2cnc(C(F)(F)F)cn2)CC1. The molecule has 3 heterocycles. The van der Waals surface area contributed by atoms with E-state index in [-0.39, 0.29) is 18.0 Å². The Balaban J connectivity index is 1.56. The van der Waals surface area contributed by atoms with Gasteiger partial charge in [-0.2, -0.15) is 13.2 Å². The number of aromatic nitrogens is 2. The second-order valence-corrected chi connectivity index (χ2v) is 7.07. The smallest absolute Gasteiger partial charge is 0.434 e. The van der Waals surface area contributed by atoms with E-state index in [0.717, 1.165) is 25.0 Å². The van der Waals surface area contributed by atoms with Gasteiger partial charge in [0, 0.05) is 19.1 Å². The fourth-order valence-corrected chi connectivity index (χ4v) is 3.30. The summed E-state index contributed by atoms with van der Waals surface area (Å²) in [4.78, 5) is 13.9. The van der Waals surface area contributed by atoms with Crippen LogP contribution >= 0.6 is 0 Å². The molecule has 10 heteroatoms.